The van der Waals surface area contributed by atoms with Crippen LogP contribution in [-0.4, -0.2) is 36.4 Å². The second-order valence-corrected chi connectivity index (χ2v) is 6.48. The van der Waals surface area contributed by atoms with Crippen molar-refractivity contribution in [2.24, 2.45) is 0 Å². The van der Waals surface area contributed by atoms with Crippen LogP contribution >= 0.6 is 0 Å². The van der Waals surface area contributed by atoms with E-state index < -0.39 is 6.10 Å². The highest BCUT2D eigenvalue weighted by atomic mass is 16.5. The molecular weight excluding hydrogens is 316 g/mol. The van der Waals surface area contributed by atoms with Gasteiger partial charge in [0.05, 0.1) is 6.54 Å². The lowest BCUT2D eigenvalue weighted by Gasteiger charge is -2.20. The van der Waals surface area contributed by atoms with Gasteiger partial charge >= 0.3 is 0 Å². The third kappa shape index (κ3) is 3.82. The molecule has 0 saturated carbocycles. The third-order valence-corrected chi connectivity index (χ3v) is 4.35. The van der Waals surface area contributed by atoms with Crippen LogP contribution < -0.4 is 10.1 Å². The first-order chi connectivity index (χ1) is 11.9. The van der Waals surface area contributed by atoms with Crippen molar-refractivity contribution < 1.29 is 14.3 Å². The Balaban J connectivity index is 1.58. The quantitative estimate of drug-likeness (QED) is 0.932. The standard InChI is InChI=1S/C20H22N2O3/c1-13-8-9-14(2)16(10-13)21-19(23)12-22(3)20(24)18-11-15-6-4-5-7-17(15)25-18/h4-10,18H,11-12H2,1-3H3,(H,21,23). The minimum atomic E-state index is -0.559. The fraction of sp³-hybridized carbons (Fsp3) is 0.300. The largest absolute Gasteiger partial charge is 0.480 e. The van der Waals surface area contributed by atoms with Gasteiger partial charge in [-0.3, -0.25) is 9.59 Å². The molecule has 3 rings (SSSR count). The first-order valence-corrected chi connectivity index (χ1v) is 8.30. The summed E-state index contributed by atoms with van der Waals surface area (Å²) in [7, 11) is 1.62. The second-order valence-electron chi connectivity index (χ2n) is 6.48. The fourth-order valence-corrected chi connectivity index (χ4v) is 2.92. The van der Waals surface area contributed by atoms with Gasteiger partial charge in [0.25, 0.3) is 5.91 Å². The Morgan fingerprint density at radius 1 is 1.20 bits per heavy atom. The van der Waals surface area contributed by atoms with Crippen LogP contribution in [0.4, 0.5) is 5.69 Å². The van der Waals surface area contributed by atoms with Crippen molar-refractivity contribution >= 4 is 17.5 Å². The number of carbonyl (C=O) groups is 2. The van der Waals surface area contributed by atoms with E-state index in [0.29, 0.717) is 6.42 Å². The van der Waals surface area contributed by atoms with Gasteiger partial charge < -0.3 is 15.0 Å². The Morgan fingerprint density at radius 2 is 1.96 bits per heavy atom. The summed E-state index contributed by atoms with van der Waals surface area (Å²) < 4.78 is 5.70. The molecule has 2 aromatic carbocycles. The minimum Gasteiger partial charge on any atom is -0.480 e. The van der Waals surface area contributed by atoms with E-state index in [0.717, 1.165) is 28.1 Å². The van der Waals surface area contributed by atoms with Gasteiger partial charge in [-0.15, -0.1) is 0 Å². The molecule has 0 bridgehead atoms. The molecule has 1 aliphatic rings. The molecule has 25 heavy (non-hydrogen) atoms. The van der Waals surface area contributed by atoms with Gasteiger partial charge in [-0.2, -0.15) is 0 Å². The highest BCUT2D eigenvalue weighted by molar-refractivity contribution is 5.95. The smallest absolute Gasteiger partial charge is 0.264 e. The normalized spacial score (nSPS) is 15.2. The summed E-state index contributed by atoms with van der Waals surface area (Å²) in [5, 5.41) is 2.87. The summed E-state index contributed by atoms with van der Waals surface area (Å²) in [5.41, 5.74) is 3.86. The Labute approximate surface area is 147 Å². The lowest BCUT2D eigenvalue weighted by atomic mass is 10.1. The number of likely N-dealkylation sites (N-methyl/N-ethyl adjacent to an activating group) is 1. The van der Waals surface area contributed by atoms with Crippen molar-refractivity contribution in [1.82, 2.24) is 4.90 Å². The zero-order chi connectivity index (χ0) is 18.0. The molecule has 2 aromatic rings. The van der Waals surface area contributed by atoms with Crippen LogP contribution in [0.15, 0.2) is 42.5 Å². The number of benzene rings is 2. The van der Waals surface area contributed by atoms with Gasteiger partial charge in [0.1, 0.15) is 5.75 Å². The fourth-order valence-electron chi connectivity index (χ4n) is 2.92. The number of ether oxygens (including phenoxy) is 1. The van der Waals surface area contributed by atoms with E-state index in [-0.39, 0.29) is 18.4 Å². The highest BCUT2D eigenvalue weighted by Gasteiger charge is 2.31. The van der Waals surface area contributed by atoms with Gasteiger partial charge in [-0.25, -0.2) is 0 Å². The molecule has 5 heteroatoms. The van der Waals surface area contributed by atoms with E-state index in [4.69, 9.17) is 4.74 Å². The molecule has 1 aliphatic heterocycles. The summed E-state index contributed by atoms with van der Waals surface area (Å²) in [6.07, 6.45) is -0.0197. The Hall–Kier alpha value is -2.82. The van der Waals surface area contributed by atoms with Crippen molar-refractivity contribution in [3.8, 4) is 5.75 Å². The number of anilines is 1. The number of nitrogens with zero attached hydrogens (tertiary/aromatic N) is 1. The Bertz CT molecular complexity index is 791. The Kier molecular flexibility index (Phi) is 4.74. The minimum absolute atomic E-state index is 0.0115. The molecule has 0 saturated heterocycles. The van der Waals surface area contributed by atoms with Crippen molar-refractivity contribution in [1.29, 1.82) is 0 Å². The predicted molar refractivity (Wildman–Crippen MR) is 96.7 cm³/mol. The molecule has 2 amide bonds. The zero-order valence-electron chi connectivity index (χ0n) is 14.7. The maximum atomic E-state index is 12.5. The molecule has 0 aromatic heterocycles. The van der Waals surface area contributed by atoms with Crippen LogP contribution in [0.2, 0.25) is 0 Å². The summed E-state index contributed by atoms with van der Waals surface area (Å²) in [6.45, 7) is 3.90. The number of aryl methyl sites for hydroxylation is 2. The predicted octanol–water partition coefficient (Wildman–Crippen LogP) is 2.70. The van der Waals surface area contributed by atoms with Crippen LogP contribution in [-0.2, 0) is 16.0 Å². The average Bonchev–Trinajstić information content (AvgIpc) is 3.01. The summed E-state index contributed by atoms with van der Waals surface area (Å²) in [4.78, 5) is 26.2. The monoisotopic (exact) mass is 338 g/mol. The van der Waals surface area contributed by atoms with E-state index in [9.17, 15) is 9.59 Å². The van der Waals surface area contributed by atoms with Crippen molar-refractivity contribution in [2.45, 2.75) is 26.4 Å². The van der Waals surface area contributed by atoms with Gasteiger partial charge in [-0.1, -0.05) is 30.3 Å². The topological polar surface area (TPSA) is 58.6 Å². The second kappa shape index (κ2) is 6.97. The molecule has 130 valence electrons. The van der Waals surface area contributed by atoms with Crippen LogP contribution in [0.25, 0.3) is 0 Å². The molecule has 0 radical (unpaired) electrons. The first-order valence-electron chi connectivity index (χ1n) is 8.30. The molecule has 5 nitrogen and oxygen atoms in total. The molecule has 1 heterocycles. The van der Waals surface area contributed by atoms with Gasteiger partial charge in [0.15, 0.2) is 6.10 Å². The SMILES string of the molecule is Cc1ccc(C)c(NC(=O)CN(C)C(=O)C2Cc3ccccc3O2)c1. The molecular formula is C20H22N2O3. The maximum Gasteiger partial charge on any atom is 0.264 e. The number of hydrogen-bond acceptors (Lipinski definition) is 3. The average molecular weight is 338 g/mol. The molecule has 1 N–H and O–H groups in total. The van der Waals surface area contributed by atoms with Gasteiger partial charge in [0.2, 0.25) is 5.91 Å². The van der Waals surface area contributed by atoms with E-state index in [1.165, 1.54) is 4.90 Å². The van der Waals surface area contributed by atoms with E-state index in [2.05, 4.69) is 5.32 Å². The Morgan fingerprint density at radius 3 is 2.72 bits per heavy atom. The summed E-state index contributed by atoms with van der Waals surface area (Å²) in [6, 6.07) is 13.5. The van der Waals surface area contributed by atoms with Crippen molar-refractivity contribution in [2.75, 3.05) is 18.9 Å². The molecule has 1 atom stereocenters. The highest BCUT2D eigenvalue weighted by Crippen LogP contribution is 2.28. The number of nitrogens with one attached hydrogen (secondary N) is 1. The van der Waals surface area contributed by atoms with E-state index in [1.807, 2.05) is 56.3 Å². The number of carbonyl (C=O) groups excluding carboxylic acids is 2. The molecule has 0 aliphatic carbocycles. The van der Waals surface area contributed by atoms with Crippen LogP contribution in [0.3, 0.4) is 0 Å². The molecule has 0 spiro atoms. The van der Waals surface area contributed by atoms with Crippen molar-refractivity contribution in [3.05, 3.63) is 59.2 Å². The van der Waals surface area contributed by atoms with Crippen LogP contribution in [0.5, 0.6) is 5.75 Å². The lowest BCUT2D eigenvalue weighted by Crippen LogP contribution is -2.42. The number of amides is 2. The number of hydrogen-bond donors (Lipinski definition) is 1. The van der Waals surface area contributed by atoms with E-state index in [1.54, 1.807) is 7.05 Å². The lowest BCUT2D eigenvalue weighted by molar-refractivity contribution is -0.139. The molecule has 1 unspecified atom stereocenters. The first kappa shape index (κ1) is 17.0. The van der Waals surface area contributed by atoms with Gasteiger partial charge in [-0.05, 0) is 42.7 Å². The zero-order valence-corrected chi connectivity index (χ0v) is 14.7. The van der Waals surface area contributed by atoms with Gasteiger partial charge in [0, 0.05) is 19.2 Å². The maximum absolute atomic E-state index is 12.5. The third-order valence-electron chi connectivity index (χ3n) is 4.35. The summed E-state index contributed by atoms with van der Waals surface area (Å²) in [5.74, 6) is 0.335. The van der Waals surface area contributed by atoms with Crippen LogP contribution in [0.1, 0.15) is 16.7 Å². The number of para-hydroxylation sites is 1. The van der Waals surface area contributed by atoms with E-state index >= 15 is 0 Å². The van der Waals surface area contributed by atoms with Crippen molar-refractivity contribution in [3.63, 3.8) is 0 Å². The summed E-state index contributed by atoms with van der Waals surface area (Å²) >= 11 is 0. The number of fused-ring (bicyclic) bond motifs is 1. The number of rotatable bonds is 4. The van der Waals surface area contributed by atoms with Crippen LogP contribution in [0, 0.1) is 13.8 Å². The molecule has 0 fully saturated rings.